The van der Waals surface area contributed by atoms with Crippen LogP contribution in [0.5, 0.6) is 0 Å². The van der Waals surface area contributed by atoms with E-state index in [2.05, 4.69) is 36.6 Å². The van der Waals surface area contributed by atoms with Crippen molar-refractivity contribution in [1.82, 2.24) is 15.5 Å². The van der Waals surface area contributed by atoms with Crippen LogP contribution in [0.3, 0.4) is 0 Å². The smallest absolute Gasteiger partial charge is 0.318 e. The number of hydrogen-bond acceptors (Lipinski definition) is 2. The molecule has 0 radical (unpaired) electrons. The van der Waals surface area contributed by atoms with Gasteiger partial charge < -0.3 is 15.5 Å². The first-order valence-corrected chi connectivity index (χ1v) is 13.3. The van der Waals surface area contributed by atoms with Crippen molar-refractivity contribution in [2.45, 2.75) is 95.7 Å². The van der Waals surface area contributed by atoms with Crippen molar-refractivity contribution in [1.29, 1.82) is 0 Å². The van der Waals surface area contributed by atoms with E-state index in [0.717, 1.165) is 37.7 Å². The second-order valence-corrected chi connectivity index (χ2v) is 10.9. The van der Waals surface area contributed by atoms with E-state index in [-0.39, 0.29) is 29.5 Å². The molecule has 4 nitrogen and oxygen atoms in total. The molecule has 1 saturated carbocycles. The Labute approximate surface area is 205 Å². The lowest BCUT2D eigenvalue weighted by molar-refractivity contribution is 0.136. The fraction of sp³-hybridized carbons (Fsp3) is 0.621. The minimum absolute atomic E-state index is 0.00205. The Balaban J connectivity index is 1.53. The van der Waals surface area contributed by atoms with Crippen molar-refractivity contribution in [2.75, 3.05) is 13.6 Å². The molecule has 1 aliphatic heterocycles. The zero-order valence-corrected chi connectivity index (χ0v) is 21.2. The summed E-state index contributed by atoms with van der Waals surface area (Å²) in [7, 11) is 1.98. The normalized spacial score (nSPS) is 28.8. The third kappa shape index (κ3) is 5.73. The summed E-state index contributed by atoms with van der Waals surface area (Å²) >= 11 is 0. The summed E-state index contributed by atoms with van der Waals surface area (Å²) < 4.78 is 13.7. The number of nitrogens with zero attached hydrogens (tertiary/aromatic N) is 1. The van der Waals surface area contributed by atoms with Gasteiger partial charge in [-0.15, -0.1) is 0 Å². The molecule has 0 saturated heterocycles. The lowest BCUT2D eigenvalue weighted by Gasteiger charge is -2.47. The molecule has 0 aromatic heterocycles. The molecule has 3 aliphatic rings. The second-order valence-electron chi connectivity index (χ2n) is 10.9. The van der Waals surface area contributed by atoms with E-state index in [1.165, 1.54) is 55.4 Å². The Morgan fingerprint density at radius 2 is 1.94 bits per heavy atom. The van der Waals surface area contributed by atoms with Crippen LogP contribution in [-0.4, -0.2) is 36.1 Å². The molecule has 2 N–H and O–H groups in total. The van der Waals surface area contributed by atoms with Gasteiger partial charge in [0.25, 0.3) is 0 Å². The molecule has 1 unspecified atom stereocenters. The maximum atomic E-state index is 13.7. The lowest BCUT2D eigenvalue weighted by Crippen LogP contribution is -2.61. The maximum Gasteiger partial charge on any atom is 0.318 e. The molecule has 4 rings (SSSR count). The lowest BCUT2D eigenvalue weighted by atomic mass is 9.74. The number of nitrogens with one attached hydrogen (secondary N) is 2. The monoisotopic (exact) mass is 467 g/mol. The molecular formula is C29H42FN3O. The van der Waals surface area contributed by atoms with Crippen LogP contribution < -0.4 is 10.6 Å². The number of carbonyl (C=O) groups is 1. The highest BCUT2D eigenvalue weighted by atomic mass is 19.1. The summed E-state index contributed by atoms with van der Waals surface area (Å²) in [5.41, 5.74) is 3.84. The number of hydrogen-bond donors (Lipinski definition) is 2. The number of amides is 2. The van der Waals surface area contributed by atoms with E-state index >= 15 is 0 Å². The molecule has 2 atom stereocenters. The Bertz CT molecular complexity index is 900. The molecule has 186 valence electrons. The van der Waals surface area contributed by atoms with E-state index in [1.807, 2.05) is 24.1 Å². The molecule has 0 bridgehead atoms. The first-order chi connectivity index (χ1) is 16.4. The average molecular weight is 468 g/mol. The highest BCUT2D eigenvalue weighted by molar-refractivity contribution is 5.76. The van der Waals surface area contributed by atoms with E-state index < -0.39 is 0 Å². The van der Waals surface area contributed by atoms with Gasteiger partial charge in [-0.2, -0.15) is 0 Å². The first kappa shape index (κ1) is 25.0. The predicted octanol–water partition coefficient (Wildman–Crippen LogP) is 6.66. The van der Waals surface area contributed by atoms with Crippen LogP contribution in [-0.2, 0) is 0 Å². The summed E-state index contributed by atoms with van der Waals surface area (Å²) in [6.45, 7) is 5.17. The summed E-state index contributed by atoms with van der Waals surface area (Å²) in [5, 5.41) is 6.63. The number of halogens is 1. The second kappa shape index (κ2) is 11.1. The zero-order valence-electron chi connectivity index (χ0n) is 21.2. The number of allylic oxidation sites excluding steroid dienone is 1. The molecule has 2 aliphatic carbocycles. The Hall–Kier alpha value is -2.14. The van der Waals surface area contributed by atoms with Crippen molar-refractivity contribution in [3.8, 4) is 0 Å². The van der Waals surface area contributed by atoms with Crippen LogP contribution >= 0.6 is 0 Å². The fourth-order valence-electron chi connectivity index (χ4n) is 6.03. The molecule has 2 amide bonds. The highest BCUT2D eigenvalue weighted by Gasteiger charge is 2.41. The number of carbonyl (C=O) groups excluding carboxylic acids is 1. The molecule has 1 aromatic rings. The van der Waals surface area contributed by atoms with Crippen LogP contribution in [0, 0.1) is 11.7 Å². The SMILES string of the molecule is CCCCCCC1CC=CC2=C(CCN(C(=O)N[C@H]3C[C@@](C)(NC)C3)[C@H]2c2ccc(F)cc2)C1. The van der Waals surface area contributed by atoms with E-state index in [4.69, 9.17) is 0 Å². The van der Waals surface area contributed by atoms with Gasteiger partial charge in [0.1, 0.15) is 5.82 Å². The van der Waals surface area contributed by atoms with Crippen molar-refractivity contribution < 1.29 is 9.18 Å². The molecule has 0 spiro atoms. The van der Waals surface area contributed by atoms with Gasteiger partial charge in [-0.05, 0) is 81.7 Å². The zero-order chi connectivity index (χ0) is 24.1. The van der Waals surface area contributed by atoms with E-state index in [1.54, 1.807) is 0 Å². The van der Waals surface area contributed by atoms with Gasteiger partial charge in [-0.25, -0.2) is 9.18 Å². The maximum absolute atomic E-state index is 13.7. The molecule has 1 fully saturated rings. The van der Waals surface area contributed by atoms with Gasteiger partial charge in [0.2, 0.25) is 0 Å². The van der Waals surface area contributed by atoms with Gasteiger partial charge in [-0.3, -0.25) is 0 Å². The summed E-state index contributed by atoms with van der Waals surface area (Å²) in [5.74, 6) is 0.443. The first-order valence-electron chi connectivity index (χ1n) is 13.3. The molecule has 5 heteroatoms. The van der Waals surface area contributed by atoms with Gasteiger partial charge >= 0.3 is 6.03 Å². The molecule has 34 heavy (non-hydrogen) atoms. The number of unbranched alkanes of at least 4 members (excludes halogenated alkanes) is 3. The van der Waals surface area contributed by atoms with Crippen LogP contribution in [0.25, 0.3) is 0 Å². The van der Waals surface area contributed by atoms with Crippen LogP contribution in [0.15, 0.2) is 47.6 Å². The average Bonchev–Trinajstić information content (AvgIpc) is 3.02. The highest BCUT2D eigenvalue weighted by Crippen LogP contribution is 2.42. The predicted molar refractivity (Wildman–Crippen MR) is 137 cm³/mol. The topological polar surface area (TPSA) is 44.4 Å². The van der Waals surface area contributed by atoms with Crippen molar-refractivity contribution in [3.05, 3.63) is 58.9 Å². The molecule has 1 aromatic carbocycles. The van der Waals surface area contributed by atoms with E-state index in [0.29, 0.717) is 12.5 Å². The third-order valence-corrected chi connectivity index (χ3v) is 8.21. The van der Waals surface area contributed by atoms with Gasteiger partial charge in [0.15, 0.2) is 0 Å². The Morgan fingerprint density at radius 1 is 1.18 bits per heavy atom. The summed E-state index contributed by atoms with van der Waals surface area (Å²) in [6.07, 6.45) is 16.1. The Kier molecular flexibility index (Phi) is 8.13. The summed E-state index contributed by atoms with van der Waals surface area (Å²) in [6, 6.07) is 6.76. The van der Waals surface area contributed by atoms with Crippen LogP contribution in [0.2, 0.25) is 0 Å². The van der Waals surface area contributed by atoms with E-state index in [9.17, 15) is 9.18 Å². The molecular weight excluding hydrogens is 425 g/mol. The number of urea groups is 1. The fourth-order valence-corrected chi connectivity index (χ4v) is 6.03. The van der Waals surface area contributed by atoms with Crippen LogP contribution in [0.1, 0.15) is 89.7 Å². The van der Waals surface area contributed by atoms with Gasteiger partial charge in [-0.1, -0.05) is 62.5 Å². The van der Waals surface area contributed by atoms with Gasteiger partial charge in [0.05, 0.1) is 6.04 Å². The number of benzene rings is 1. The van der Waals surface area contributed by atoms with Crippen molar-refractivity contribution in [3.63, 3.8) is 0 Å². The minimum atomic E-state index is -0.242. The quantitative estimate of drug-likeness (QED) is 0.420. The third-order valence-electron chi connectivity index (χ3n) is 8.21. The van der Waals surface area contributed by atoms with Crippen molar-refractivity contribution >= 4 is 6.03 Å². The molecule has 1 heterocycles. The number of rotatable bonds is 8. The largest absolute Gasteiger partial charge is 0.335 e. The summed E-state index contributed by atoms with van der Waals surface area (Å²) in [4.78, 5) is 15.4. The standard InChI is InChI=1S/C29H42FN3O/c1-4-5-6-7-9-21-10-8-11-26-23(18-21)16-17-33(27(26)22-12-14-24(30)15-13-22)28(34)32-25-19-29(2,20-25)31-3/h8,11-15,21,25,27,31H,4-7,9-10,16-20H2,1-3H3,(H,32,34)/t21?,25-,27-,29+/m0/s1. The Morgan fingerprint density at radius 3 is 2.65 bits per heavy atom. The van der Waals surface area contributed by atoms with Gasteiger partial charge in [0, 0.05) is 18.1 Å². The van der Waals surface area contributed by atoms with Crippen LogP contribution in [0.4, 0.5) is 9.18 Å². The van der Waals surface area contributed by atoms with Crippen molar-refractivity contribution in [2.24, 2.45) is 5.92 Å². The minimum Gasteiger partial charge on any atom is -0.335 e.